The number of anilines is 1. The minimum Gasteiger partial charge on any atom is -0.367 e. The Morgan fingerprint density at radius 1 is 0.926 bits per heavy atom. The number of aromatic nitrogens is 2. The number of nitriles is 1. The highest BCUT2D eigenvalue weighted by Gasteiger charge is 2.25. The second kappa shape index (κ2) is 7.34. The van der Waals surface area contributed by atoms with E-state index in [0.717, 1.165) is 11.4 Å². The standard InChI is InChI=1S/C21H19N5O/c22-16-17-6-1-3-8-19(17)24-12-14-25(15-13-24)21(27)18-7-2-4-9-20(18)26-11-5-10-23-26/h1-11H,12-15H2. The van der Waals surface area contributed by atoms with Crippen LogP contribution >= 0.6 is 0 Å². The second-order valence-electron chi connectivity index (χ2n) is 6.38. The van der Waals surface area contributed by atoms with Crippen molar-refractivity contribution in [1.29, 1.82) is 5.26 Å². The van der Waals surface area contributed by atoms with E-state index in [0.29, 0.717) is 37.3 Å². The maximum atomic E-state index is 13.1. The van der Waals surface area contributed by atoms with Gasteiger partial charge in [0.2, 0.25) is 0 Å². The fourth-order valence-electron chi connectivity index (χ4n) is 3.43. The van der Waals surface area contributed by atoms with Crippen LogP contribution in [-0.4, -0.2) is 46.8 Å². The van der Waals surface area contributed by atoms with Crippen LogP contribution in [0.2, 0.25) is 0 Å². The number of carbonyl (C=O) groups is 1. The van der Waals surface area contributed by atoms with E-state index in [9.17, 15) is 10.1 Å². The fraction of sp³-hybridized carbons (Fsp3) is 0.190. The first-order valence-corrected chi connectivity index (χ1v) is 8.90. The average Bonchev–Trinajstić information content (AvgIpc) is 3.28. The van der Waals surface area contributed by atoms with Gasteiger partial charge in [0, 0.05) is 38.6 Å². The second-order valence-corrected chi connectivity index (χ2v) is 6.38. The number of hydrogen-bond donors (Lipinski definition) is 0. The Morgan fingerprint density at radius 3 is 2.33 bits per heavy atom. The van der Waals surface area contributed by atoms with Crippen LogP contribution in [-0.2, 0) is 0 Å². The molecule has 1 amide bonds. The lowest BCUT2D eigenvalue weighted by Crippen LogP contribution is -2.49. The summed E-state index contributed by atoms with van der Waals surface area (Å²) in [7, 11) is 0. The van der Waals surface area contributed by atoms with Gasteiger partial charge in [-0.05, 0) is 30.3 Å². The van der Waals surface area contributed by atoms with Gasteiger partial charge in [-0.3, -0.25) is 4.79 Å². The van der Waals surface area contributed by atoms with Gasteiger partial charge in [-0.15, -0.1) is 0 Å². The number of rotatable bonds is 3. The number of carbonyl (C=O) groups excluding carboxylic acids is 1. The molecule has 1 saturated heterocycles. The summed E-state index contributed by atoms with van der Waals surface area (Å²) in [6.07, 6.45) is 3.54. The Balaban J connectivity index is 1.51. The SMILES string of the molecule is N#Cc1ccccc1N1CCN(C(=O)c2ccccc2-n2cccn2)CC1. The molecule has 3 aromatic rings. The molecule has 0 aliphatic carbocycles. The van der Waals surface area contributed by atoms with E-state index in [2.05, 4.69) is 16.1 Å². The zero-order valence-corrected chi connectivity index (χ0v) is 14.8. The van der Waals surface area contributed by atoms with Gasteiger partial charge in [-0.1, -0.05) is 24.3 Å². The third kappa shape index (κ3) is 3.27. The van der Waals surface area contributed by atoms with Crippen molar-refractivity contribution in [1.82, 2.24) is 14.7 Å². The number of nitrogens with zero attached hydrogens (tertiary/aromatic N) is 5. The minimum absolute atomic E-state index is 0.00863. The Hall–Kier alpha value is -3.59. The average molecular weight is 357 g/mol. The van der Waals surface area contributed by atoms with Crippen LogP contribution in [0.1, 0.15) is 15.9 Å². The Labute approximate surface area is 157 Å². The summed E-state index contributed by atoms with van der Waals surface area (Å²) in [5.41, 5.74) is 3.03. The monoisotopic (exact) mass is 357 g/mol. The van der Waals surface area contributed by atoms with Gasteiger partial charge in [0.25, 0.3) is 5.91 Å². The molecule has 6 nitrogen and oxygen atoms in total. The number of piperazine rings is 1. The molecular formula is C21H19N5O. The number of hydrogen-bond acceptors (Lipinski definition) is 4. The van der Waals surface area contributed by atoms with Crippen molar-refractivity contribution >= 4 is 11.6 Å². The molecule has 0 N–H and O–H groups in total. The molecule has 1 aliphatic heterocycles. The van der Waals surface area contributed by atoms with Crippen molar-refractivity contribution < 1.29 is 4.79 Å². The third-order valence-electron chi connectivity index (χ3n) is 4.82. The van der Waals surface area contributed by atoms with Crippen LogP contribution < -0.4 is 4.90 Å². The van der Waals surface area contributed by atoms with Gasteiger partial charge in [-0.25, -0.2) is 4.68 Å². The normalized spacial score (nSPS) is 14.0. The zero-order chi connectivity index (χ0) is 18.6. The largest absolute Gasteiger partial charge is 0.367 e. The summed E-state index contributed by atoms with van der Waals surface area (Å²) >= 11 is 0. The maximum absolute atomic E-state index is 13.1. The third-order valence-corrected chi connectivity index (χ3v) is 4.82. The molecule has 4 rings (SSSR count). The Morgan fingerprint density at radius 2 is 1.63 bits per heavy atom. The molecule has 134 valence electrons. The first kappa shape index (κ1) is 16.9. The van der Waals surface area contributed by atoms with Gasteiger partial charge in [-0.2, -0.15) is 10.4 Å². The van der Waals surface area contributed by atoms with Crippen molar-refractivity contribution in [2.24, 2.45) is 0 Å². The minimum atomic E-state index is 0.00863. The van der Waals surface area contributed by atoms with Crippen LogP contribution in [0.4, 0.5) is 5.69 Å². The van der Waals surface area contributed by atoms with Crippen molar-refractivity contribution in [3.05, 3.63) is 78.1 Å². The molecule has 2 aromatic carbocycles. The zero-order valence-electron chi connectivity index (χ0n) is 14.8. The van der Waals surface area contributed by atoms with Crippen LogP contribution in [0.15, 0.2) is 67.0 Å². The molecule has 6 heteroatoms. The smallest absolute Gasteiger partial charge is 0.256 e. The summed E-state index contributed by atoms with van der Waals surface area (Å²) in [6, 6.07) is 19.2. The Kier molecular flexibility index (Phi) is 4.58. The summed E-state index contributed by atoms with van der Waals surface area (Å²) < 4.78 is 1.71. The molecule has 0 atom stereocenters. The van der Waals surface area contributed by atoms with Gasteiger partial charge in [0.15, 0.2) is 0 Å². The number of para-hydroxylation sites is 2. The van der Waals surface area contributed by atoms with E-state index in [1.54, 1.807) is 10.9 Å². The van der Waals surface area contributed by atoms with E-state index in [1.165, 1.54) is 0 Å². The molecule has 0 radical (unpaired) electrons. The molecule has 0 bridgehead atoms. The van der Waals surface area contributed by atoms with E-state index in [4.69, 9.17) is 0 Å². The first-order valence-electron chi connectivity index (χ1n) is 8.90. The summed E-state index contributed by atoms with van der Waals surface area (Å²) in [5, 5.41) is 13.6. The molecular weight excluding hydrogens is 338 g/mol. The van der Waals surface area contributed by atoms with Gasteiger partial charge < -0.3 is 9.80 Å². The van der Waals surface area contributed by atoms with Crippen molar-refractivity contribution in [3.8, 4) is 11.8 Å². The molecule has 1 aliphatic rings. The highest BCUT2D eigenvalue weighted by molar-refractivity contribution is 5.98. The molecule has 0 unspecified atom stereocenters. The van der Waals surface area contributed by atoms with E-state index in [1.807, 2.05) is 65.7 Å². The molecule has 2 heterocycles. The maximum Gasteiger partial charge on any atom is 0.256 e. The molecule has 0 spiro atoms. The van der Waals surface area contributed by atoms with Gasteiger partial charge in [0.05, 0.1) is 22.5 Å². The highest BCUT2D eigenvalue weighted by atomic mass is 16.2. The quantitative estimate of drug-likeness (QED) is 0.723. The molecule has 1 aromatic heterocycles. The van der Waals surface area contributed by atoms with Crippen molar-refractivity contribution in [2.75, 3.05) is 31.1 Å². The number of amides is 1. The summed E-state index contributed by atoms with van der Waals surface area (Å²) in [4.78, 5) is 17.1. The molecule has 27 heavy (non-hydrogen) atoms. The van der Waals surface area contributed by atoms with Crippen LogP contribution in [0.5, 0.6) is 0 Å². The van der Waals surface area contributed by atoms with Gasteiger partial charge >= 0.3 is 0 Å². The fourth-order valence-corrected chi connectivity index (χ4v) is 3.43. The lowest BCUT2D eigenvalue weighted by molar-refractivity contribution is 0.0746. The Bertz CT molecular complexity index is 982. The lowest BCUT2D eigenvalue weighted by atomic mass is 10.1. The van der Waals surface area contributed by atoms with Crippen molar-refractivity contribution in [3.63, 3.8) is 0 Å². The van der Waals surface area contributed by atoms with Crippen LogP contribution in [0, 0.1) is 11.3 Å². The van der Waals surface area contributed by atoms with E-state index >= 15 is 0 Å². The predicted octanol–water partition coefficient (Wildman–Crippen LogP) is 2.71. The highest BCUT2D eigenvalue weighted by Crippen LogP contribution is 2.22. The van der Waals surface area contributed by atoms with Crippen molar-refractivity contribution in [2.45, 2.75) is 0 Å². The molecule has 1 fully saturated rings. The van der Waals surface area contributed by atoms with E-state index in [-0.39, 0.29) is 5.91 Å². The lowest BCUT2D eigenvalue weighted by Gasteiger charge is -2.36. The summed E-state index contributed by atoms with van der Waals surface area (Å²) in [5.74, 6) is 0.00863. The van der Waals surface area contributed by atoms with E-state index < -0.39 is 0 Å². The predicted molar refractivity (Wildman–Crippen MR) is 103 cm³/mol. The number of benzene rings is 2. The van der Waals surface area contributed by atoms with Crippen LogP contribution in [0.25, 0.3) is 5.69 Å². The van der Waals surface area contributed by atoms with Crippen LogP contribution in [0.3, 0.4) is 0 Å². The topological polar surface area (TPSA) is 65.2 Å². The van der Waals surface area contributed by atoms with Gasteiger partial charge in [0.1, 0.15) is 6.07 Å². The summed E-state index contributed by atoms with van der Waals surface area (Å²) in [6.45, 7) is 2.64. The first-order chi connectivity index (χ1) is 13.3. The molecule has 0 saturated carbocycles.